The number of nitrogens with one attached hydrogen (secondary N) is 1. The number of rotatable bonds is 5. The summed E-state index contributed by atoms with van der Waals surface area (Å²) in [5, 5.41) is 63.1. The fourth-order valence-electron chi connectivity index (χ4n) is 17.6. The van der Waals surface area contributed by atoms with Crippen LogP contribution in [0, 0.1) is 64.1 Å². The van der Waals surface area contributed by atoms with E-state index < -0.39 is 18.3 Å². The highest BCUT2D eigenvalue weighted by Gasteiger charge is 2.61. The first-order valence-electron chi connectivity index (χ1n) is 30.3. The van der Waals surface area contributed by atoms with Crippen molar-refractivity contribution in [2.45, 2.75) is 191 Å². The van der Waals surface area contributed by atoms with Gasteiger partial charge in [0.25, 0.3) is 0 Å². The Morgan fingerprint density at radius 3 is 2.55 bits per heavy atom. The van der Waals surface area contributed by atoms with Crippen LogP contribution in [-0.2, 0) is 24.0 Å². The zero-order valence-electron chi connectivity index (χ0n) is 46.8. The standard InChI is InChI=1S/C66H87N3O9/c1-5-40-24-42-14-13-41(40)25-48(71)34-65-19-8-18-64(65)21-22-76-66(36-64)20-17-39(33-66)9-6-11-47(69-63(67)68-37-65)30-49-44(35-70)10-7-12-56(49)77-58-29-43(15-16-53(58)72)62-55(74)31-52-57(78-62)32-59(75-4)61-51-27-46(23-38(2)3)54(73)28-45(51)26-50(42)60(52)61/h13-16,27-29,32,38-42,44,47-50,55-56,62,70-74H,5,7-8,10-12,17-26,30-31,33-37H2,1-4H3,(H3,67,68,69)/t39-,40-,41+,42+,44+,47-,48-,49-,50+,55-,56+,62+,64-,65+,66-/m1/s1. The van der Waals surface area contributed by atoms with Crippen molar-refractivity contribution in [3.05, 3.63) is 76.4 Å². The van der Waals surface area contributed by atoms with Crippen LogP contribution in [0.4, 0.5) is 0 Å². The van der Waals surface area contributed by atoms with Gasteiger partial charge in [0, 0.05) is 67.7 Å². The SMILES string of the molecule is CC[C@@H]1C[C@@H]2C=C[C@H]1C[C@@H](O)C[C@]13CCC[C@]14CCO[C@@]1(CC[C@@H](C#CC[C@H](C[C@@H]5[C@H](CO)CCC[C@@H]5Oc5cc(ccc5O)[C@@H]5Oc6cc(OC)c7c(c6C[C@H]5O)[C@H]2Cc2cc(O)c(CC(C)C)cc2-7)NC(N)=NC3)C1)C4. The quantitative estimate of drug-likeness (QED) is 0.0952. The van der Waals surface area contributed by atoms with Crippen LogP contribution in [0.5, 0.6) is 28.7 Å². The van der Waals surface area contributed by atoms with E-state index in [2.05, 4.69) is 56.1 Å². The average molecular weight is 1070 g/mol. The first-order valence-corrected chi connectivity index (χ1v) is 30.3. The molecule has 0 aromatic heterocycles. The first-order chi connectivity index (χ1) is 37.7. The summed E-state index contributed by atoms with van der Waals surface area (Å²) in [6.07, 6.45) is 19.0. The van der Waals surface area contributed by atoms with Gasteiger partial charge in [-0.05, 0) is 201 Å². The lowest BCUT2D eigenvalue weighted by atomic mass is 9.56. The number of hydrogen-bond donors (Lipinski definition) is 7. The normalized spacial score (nSPS) is 37.0. The number of phenols is 2. The summed E-state index contributed by atoms with van der Waals surface area (Å²) in [6, 6.07) is 11.3. The van der Waals surface area contributed by atoms with Gasteiger partial charge in [-0.25, -0.2) is 0 Å². The number of ether oxygens (including phenoxy) is 4. The Labute approximate surface area is 463 Å². The minimum atomic E-state index is -0.925. The van der Waals surface area contributed by atoms with Crippen molar-refractivity contribution in [3.63, 3.8) is 0 Å². The van der Waals surface area contributed by atoms with Crippen LogP contribution >= 0.6 is 0 Å². The van der Waals surface area contributed by atoms with Gasteiger partial charge in [-0.15, -0.1) is 5.92 Å². The Kier molecular flexibility index (Phi) is 14.8. The summed E-state index contributed by atoms with van der Waals surface area (Å²) in [5.41, 5.74) is 13.4. The number of allylic oxidation sites excluding steroid dienone is 2. The molecule has 3 spiro atoms. The van der Waals surface area contributed by atoms with Crippen LogP contribution in [0.2, 0.25) is 0 Å². The summed E-state index contributed by atoms with van der Waals surface area (Å²) in [6.45, 7) is 7.91. The van der Waals surface area contributed by atoms with E-state index in [0.717, 1.165) is 130 Å². The number of fused-ring (bicyclic) bond motifs is 3. The number of aromatic hydroxyl groups is 2. The molecule has 3 saturated carbocycles. The molecule has 420 valence electrons. The lowest BCUT2D eigenvalue weighted by molar-refractivity contribution is -0.157. The van der Waals surface area contributed by atoms with E-state index in [0.29, 0.717) is 91.4 Å². The Balaban J connectivity index is 0.988. The molecule has 15 atom stereocenters. The molecular weight excluding hydrogens is 979 g/mol. The van der Waals surface area contributed by atoms with Crippen molar-refractivity contribution in [2.24, 2.45) is 63.0 Å². The highest BCUT2D eigenvalue weighted by Crippen LogP contribution is 2.65. The molecule has 0 unspecified atom stereocenters. The fraction of sp³-hybridized carbons (Fsp3) is 0.652. The molecule has 78 heavy (non-hydrogen) atoms. The Morgan fingerprint density at radius 1 is 0.885 bits per heavy atom. The largest absolute Gasteiger partial charge is 0.508 e. The zero-order chi connectivity index (χ0) is 54.1. The predicted molar refractivity (Wildman–Crippen MR) is 303 cm³/mol. The van der Waals surface area contributed by atoms with E-state index in [1.807, 2.05) is 24.3 Å². The highest BCUT2D eigenvalue weighted by molar-refractivity contribution is 5.84. The third-order valence-corrected chi connectivity index (χ3v) is 21.4. The van der Waals surface area contributed by atoms with Crippen LogP contribution in [0.3, 0.4) is 0 Å². The molecule has 8 N–H and O–H groups in total. The van der Waals surface area contributed by atoms with Gasteiger partial charge < -0.3 is 55.5 Å². The van der Waals surface area contributed by atoms with E-state index >= 15 is 0 Å². The number of aliphatic hydroxyl groups is 3. The van der Waals surface area contributed by atoms with Crippen molar-refractivity contribution in [1.82, 2.24) is 5.32 Å². The summed E-state index contributed by atoms with van der Waals surface area (Å²) < 4.78 is 27.3. The third-order valence-electron chi connectivity index (χ3n) is 21.4. The van der Waals surface area contributed by atoms with Gasteiger partial charge in [-0.3, -0.25) is 4.99 Å². The number of aliphatic imine (C=N–C) groups is 1. The summed E-state index contributed by atoms with van der Waals surface area (Å²) in [5.74, 6) is 10.8. The summed E-state index contributed by atoms with van der Waals surface area (Å²) >= 11 is 0. The minimum Gasteiger partial charge on any atom is -0.508 e. The molecule has 7 heterocycles. The van der Waals surface area contributed by atoms with Gasteiger partial charge >= 0.3 is 0 Å². The highest BCUT2D eigenvalue weighted by atomic mass is 16.5. The fourth-order valence-corrected chi connectivity index (χ4v) is 17.6. The number of nitrogens with two attached hydrogens (primary N) is 1. The Morgan fingerprint density at radius 2 is 1.73 bits per heavy atom. The minimum absolute atomic E-state index is 0.000862. The number of phenolic OH excluding ortho intramolecular Hbond substituents is 2. The zero-order valence-corrected chi connectivity index (χ0v) is 46.8. The lowest BCUT2D eigenvalue weighted by Crippen LogP contribution is -2.52. The van der Waals surface area contributed by atoms with E-state index in [4.69, 9.17) is 29.7 Å². The number of hydrogen-bond acceptors (Lipinski definition) is 12. The van der Waals surface area contributed by atoms with Crippen LogP contribution in [0.1, 0.15) is 170 Å². The number of nitrogens with zero attached hydrogens (tertiary/aromatic N) is 1. The van der Waals surface area contributed by atoms with Crippen LogP contribution in [-0.4, -0.2) is 88.3 Å². The second-order valence-corrected chi connectivity index (χ2v) is 26.4. The molecule has 1 saturated heterocycles. The van der Waals surface area contributed by atoms with Gasteiger partial charge in [-0.1, -0.05) is 57.8 Å². The summed E-state index contributed by atoms with van der Waals surface area (Å²) in [4.78, 5) is 5.32. The van der Waals surface area contributed by atoms with E-state index in [1.165, 1.54) is 0 Å². The molecular formula is C66H87N3O9. The van der Waals surface area contributed by atoms with E-state index in [9.17, 15) is 25.5 Å². The number of aliphatic hydroxyl groups excluding tert-OH is 3. The van der Waals surface area contributed by atoms with E-state index in [1.54, 1.807) is 13.2 Å². The van der Waals surface area contributed by atoms with Crippen molar-refractivity contribution in [2.75, 3.05) is 26.9 Å². The first kappa shape index (κ1) is 53.7. The molecule has 0 amide bonds. The Hall–Kier alpha value is -4.93. The second kappa shape index (κ2) is 21.5. The van der Waals surface area contributed by atoms with Crippen molar-refractivity contribution in [3.8, 4) is 51.7 Å². The Bertz CT molecular complexity index is 2850. The summed E-state index contributed by atoms with van der Waals surface area (Å²) in [7, 11) is 1.72. The molecule has 15 rings (SSSR count). The topological polar surface area (TPSA) is 188 Å². The maximum Gasteiger partial charge on any atom is 0.188 e. The monoisotopic (exact) mass is 1070 g/mol. The van der Waals surface area contributed by atoms with Gasteiger partial charge in [0.05, 0.1) is 24.9 Å². The molecule has 4 fully saturated rings. The predicted octanol–water partition coefficient (Wildman–Crippen LogP) is 10.8. The van der Waals surface area contributed by atoms with Gasteiger partial charge in [-0.2, -0.15) is 0 Å². The average Bonchev–Trinajstić information content (AvgIpc) is 4.05. The molecule has 13 bridgehead atoms. The molecule has 3 aromatic rings. The van der Waals surface area contributed by atoms with Crippen molar-refractivity contribution >= 4 is 5.96 Å². The van der Waals surface area contributed by atoms with Crippen LogP contribution in [0.25, 0.3) is 11.1 Å². The van der Waals surface area contributed by atoms with Crippen LogP contribution < -0.4 is 25.3 Å². The lowest BCUT2D eigenvalue weighted by Gasteiger charge is -2.54. The maximum absolute atomic E-state index is 12.8. The number of methoxy groups -OCH3 is 1. The maximum atomic E-state index is 12.8. The molecule has 3 aromatic carbocycles. The van der Waals surface area contributed by atoms with Crippen molar-refractivity contribution in [1.29, 1.82) is 0 Å². The smallest absolute Gasteiger partial charge is 0.188 e. The third kappa shape index (κ3) is 9.87. The second-order valence-electron chi connectivity index (χ2n) is 26.4. The molecule has 12 nitrogen and oxygen atoms in total. The van der Waals surface area contributed by atoms with Gasteiger partial charge in [0.1, 0.15) is 29.5 Å². The molecule has 12 aliphatic rings. The molecule has 5 aliphatic carbocycles. The van der Waals surface area contributed by atoms with Gasteiger partial charge in [0.2, 0.25) is 0 Å². The van der Waals surface area contributed by atoms with Gasteiger partial charge in [0.15, 0.2) is 17.5 Å². The van der Waals surface area contributed by atoms with Crippen molar-refractivity contribution < 1.29 is 44.5 Å². The number of guanidine groups is 1. The molecule has 12 heteroatoms. The van der Waals surface area contributed by atoms with Crippen LogP contribution in [0.15, 0.2) is 53.5 Å². The number of benzene rings is 3. The molecule has 0 radical (unpaired) electrons. The van der Waals surface area contributed by atoms with E-state index in [-0.39, 0.29) is 76.4 Å². The molecule has 7 aliphatic heterocycles.